The second-order valence-corrected chi connectivity index (χ2v) is 7.35. The molecule has 0 aliphatic rings. The number of alkyl halides is 3. The third-order valence-electron chi connectivity index (χ3n) is 4.65. The SMILES string of the molecule is Cc1nc(Nc2ccc(NC(=O)Nc3ccccc3C(F)(F)F)cc2)cc(Nc2ccccn2)n1. The number of carbonyl (C=O) groups is 1. The van der Waals surface area contributed by atoms with Crippen LogP contribution in [0.4, 0.5) is 52.5 Å². The van der Waals surface area contributed by atoms with E-state index in [1.54, 1.807) is 43.5 Å². The standard InChI is InChI=1S/C24H20F3N7O/c1-15-29-21(14-22(30-15)34-20-8-4-5-13-28-20)31-16-9-11-17(12-10-16)32-23(35)33-19-7-3-2-6-18(19)24(25,26)27/h2-14H,1H3,(H2,32,33,35)(H2,28,29,30,31,34). The Labute approximate surface area is 198 Å². The monoisotopic (exact) mass is 479 g/mol. The van der Waals surface area contributed by atoms with Gasteiger partial charge in [-0.15, -0.1) is 0 Å². The number of carbonyl (C=O) groups excluding carboxylic acids is 1. The van der Waals surface area contributed by atoms with E-state index in [0.717, 1.165) is 6.07 Å². The molecule has 11 heteroatoms. The lowest BCUT2D eigenvalue weighted by molar-refractivity contribution is -0.136. The molecule has 4 aromatic rings. The summed E-state index contributed by atoms with van der Waals surface area (Å²) in [6.45, 7) is 1.76. The number of rotatable bonds is 6. The molecule has 0 saturated heterocycles. The average molecular weight is 479 g/mol. The first-order valence-corrected chi connectivity index (χ1v) is 10.4. The Morgan fingerprint density at radius 3 is 2.11 bits per heavy atom. The van der Waals surface area contributed by atoms with Crippen LogP contribution in [0.25, 0.3) is 0 Å². The fourth-order valence-electron chi connectivity index (χ4n) is 3.17. The van der Waals surface area contributed by atoms with E-state index in [9.17, 15) is 18.0 Å². The number of para-hydroxylation sites is 1. The van der Waals surface area contributed by atoms with Crippen LogP contribution in [-0.4, -0.2) is 21.0 Å². The van der Waals surface area contributed by atoms with Crippen LogP contribution in [-0.2, 0) is 6.18 Å². The maximum absolute atomic E-state index is 13.1. The van der Waals surface area contributed by atoms with E-state index in [4.69, 9.17) is 0 Å². The minimum atomic E-state index is -4.58. The van der Waals surface area contributed by atoms with E-state index in [1.165, 1.54) is 18.2 Å². The first-order chi connectivity index (χ1) is 16.8. The highest BCUT2D eigenvalue weighted by Crippen LogP contribution is 2.34. The van der Waals surface area contributed by atoms with Crippen LogP contribution in [0.3, 0.4) is 0 Å². The third kappa shape index (κ3) is 6.44. The average Bonchev–Trinajstić information content (AvgIpc) is 2.80. The van der Waals surface area contributed by atoms with Gasteiger partial charge in [-0.1, -0.05) is 18.2 Å². The van der Waals surface area contributed by atoms with Crippen molar-refractivity contribution in [2.45, 2.75) is 13.1 Å². The molecule has 2 heterocycles. The van der Waals surface area contributed by atoms with Crippen LogP contribution in [0, 0.1) is 6.92 Å². The number of hydrogen-bond acceptors (Lipinski definition) is 6. The van der Waals surface area contributed by atoms with E-state index in [0.29, 0.717) is 34.7 Å². The number of nitrogens with one attached hydrogen (secondary N) is 4. The molecule has 0 atom stereocenters. The minimum absolute atomic E-state index is 0.329. The molecule has 178 valence electrons. The lowest BCUT2D eigenvalue weighted by Gasteiger charge is -2.14. The number of urea groups is 1. The predicted molar refractivity (Wildman–Crippen MR) is 128 cm³/mol. The molecule has 2 amide bonds. The molecule has 35 heavy (non-hydrogen) atoms. The lowest BCUT2D eigenvalue weighted by Crippen LogP contribution is -2.21. The summed E-state index contributed by atoms with van der Waals surface area (Å²) in [6.07, 6.45) is -2.91. The molecule has 0 bridgehead atoms. The molecule has 0 radical (unpaired) electrons. The quantitative estimate of drug-likeness (QED) is 0.258. The van der Waals surface area contributed by atoms with E-state index in [1.807, 2.05) is 18.2 Å². The normalized spacial score (nSPS) is 11.0. The first-order valence-electron chi connectivity index (χ1n) is 10.4. The summed E-state index contributed by atoms with van der Waals surface area (Å²) in [5.41, 5.74) is -0.175. The smallest absolute Gasteiger partial charge is 0.340 e. The van der Waals surface area contributed by atoms with Gasteiger partial charge in [-0.05, 0) is 55.5 Å². The van der Waals surface area contributed by atoms with Gasteiger partial charge in [-0.25, -0.2) is 19.7 Å². The first kappa shape index (κ1) is 23.5. The van der Waals surface area contributed by atoms with Gasteiger partial charge in [0.05, 0.1) is 11.3 Å². The number of amides is 2. The van der Waals surface area contributed by atoms with Crippen molar-refractivity contribution >= 4 is 40.5 Å². The number of anilines is 6. The molecule has 0 saturated carbocycles. The minimum Gasteiger partial charge on any atom is -0.340 e. The predicted octanol–water partition coefficient (Wildman–Crippen LogP) is 6.33. The van der Waals surface area contributed by atoms with Crippen molar-refractivity contribution in [3.8, 4) is 0 Å². The van der Waals surface area contributed by atoms with Crippen LogP contribution in [0.2, 0.25) is 0 Å². The fourth-order valence-corrected chi connectivity index (χ4v) is 3.17. The summed E-state index contributed by atoms with van der Waals surface area (Å²) in [5, 5.41) is 11.0. The number of benzene rings is 2. The van der Waals surface area contributed by atoms with Crippen LogP contribution in [0.15, 0.2) is 79.0 Å². The summed E-state index contributed by atoms with van der Waals surface area (Å²) in [6, 6.07) is 17.8. The topological polar surface area (TPSA) is 104 Å². The van der Waals surface area contributed by atoms with Crippen LogP contribution in [0.1, 0.15) is 11.4 Å². The molecule has 0 fully saturated rings. The number of halogens is 3. The van der Waals surface area contributed by atoms with Crippen molar-refractivity contribution in [1.82, 2.24) is 15.0 Å². The van der Waals surface area contributed by atoms with Crippen molar-refractivity contribution in [1.29, 1.82) is 0 Å². The van der Waals surface area contributed by atoms with Crippen LogP contribution in [0.5, 0.6) is 0 Å². The zero-order valence-electron chi connectivity index (χ0n) is 18.4. The molecular weight excluding hydrogens is 459 g/mol. The highest BCUT2D eigenvalue weighted by Gasteiger charge is 2.33. The van der Waals surface area contributed by atoms with Gasteiger partial charge in [0.1, 0.15) is 23.3 Å². The van der Waals surface area contributed by atoms with Gasteiger partial charge in [-0.2, -0.15) is 13.2 Å². The summed E-state index contributed by atoms with van der Waals surface area (Å²) >= 11 is 0. The van der Waals surface area contributed by atoms with E-state index in [-0.39, 0.29) is 5.69 Å². The molecule has 4 N–H and O–H groups in total. The molecular formula is C24H20F3N7O. The Balaban J connectivity index is 1.40. The molecule has 2 aromatic heterocycles. The van der Waals surface area contributed by atoms with Gasteiger partial charge in [-0.3, -0.25) is 0 Å². The summed E-state index contributed by atoms with van der Waals surface area (Å²) < 4.78 is 39.3. The van der Waals surface area contributed by atoms with Crippen molar-refractivity contribution in [2.75, 3.05) is 21.3 Å². The summed E-state index contributed by atoms with van der Waals surface area (Å²) in [7, 11) is 0. The largest absolute Gasteiger partial charge is 0.418 e. The number of aryl methyl sites for hydroxylation is 1. The van der Waals surface area contributed by atoms with Crippen molar-refractivity contribution in [3.63, 3.8) is 0 Å². The maximum atomic E-state index is 13.1. The Hall–Kier alpha value is -4.67. The summed E-state index contributed by atoms with van der Waals surface area (Å²) in [5.74, 6) is 2.29. The van der Waals surface area contributed by atoms with Gasteiger partial charge < -0.3 is 21.3 Å². The van der Waals surface area contributed by atoms with E-state index < -0.39 is 17.8 Å². The number of aromatic nitrogens is 3. The Bertz CT molecular complexity index is 1310. The van der Waals surface area contributed by atoms with Gasteiger partial charge in [0.2, 0.25) is 0 Å². The number of hydrogen-bond donors (Lipinski definition) is 4. The van der Waals surface area contributed by atoms with Crippen LogP contribution >= 0.6 is 0 Å². The highest BCUT2D eigenvalue weighted by molar-refractivity contribution is 6.00. The lowest BCUT2D eigenvalue weighted by atomic mass is 10.1. The molecule has 4 rings (SSSR count). The van der Waals surface area contributed by atoms with Gasteiger partial charge >= 0.3 is 12.2 Å². The van der Waals surface area contributed by atoms with Crippen molar-refractivity contribution in [2.24, 2.45) is 0 Å². The third-order valence-corrected chi connectivity index (χ3v) is 4.65. The zero-order valence-corrected chi connectivity index (χ0v) is 18.4. The number of nitrogens with zero attached hydrogens (tertiary/aromatic N) is 3. The van der Waals surface area contributed by atoms with Gasteiger partial charge in [0, 0.05) is 23.6 Å². The van der Waals surface area contributed by atoms with Gasteiger partial charge in [0.25, 0.3) is 0 Å². The molecule has 0 unspecified atom stereocenters. The van der Waals surface area contributed by atoms with Gasteiger partial charge in [0.15, 0.2) is 0 Å². The van der Waals surface area contributed by atoms with E-state index >= 15 is 0 Å². The van der Waals surface area contributed by atoms with Crippen molar-refractivity contribution < 1.29 is 18.0 Å². The van der Waals surface area contributed by atoms with Crippen LogP contribution < -0.4 is 21.3 Å². The maximum Gasteiger partial charge on any atom is 0.418 e. The highest BCUT2D eigenvalue weighted by atomic mass is 19.4. The van der Waals surface area contributed by atoms with E-state index in [2.05, 4.69) is 36.2 Å². The molecule has 0 aliphatic heterocycles. The second kappa shape index (κ2) is 10.1. The Morgan fingerprint density at radius 1 is 0.771 bits per heavy atom. The summed E-state index contributed by atoms with van der Waals surface area (Å²) in [4.78, 5) is 25.1. The fraction of sp³-hybridized carbons (Fsp3) is 0.0833. The Morgan fingerprint density at radius 2 is 1.43 bits per heavy atom. The molecule has 0 spiro atoms. The second-order valence-electron chi connectivity index (χ2n) is 7.35. The Kier molecular flexibility index (Phi) is 6.76. The number of pyridine rings is 1. The van der Waals surface area contributed by atoms with Crippen molar-refractivity contribution in [3.05, 3.63) is 90.4 Å². The molecule has 0 aliphatic carbocycles. The molecule has 2 aromatic carbocycles. The molecule has 8 nitrogen and oxygen atoms in total. The zero-order chi connectivity index (χ0) is 24.8.